The Kier molecular flexibility index (Phi) is 4.75. The molecule has 2 rings (SSSR count). The third-order valence-corrected chi connectivity index (χ3v) is 3.44. The average molecular weight is 284 g/mol. The van der Waals surface area contributed by atoms with Gasteiger partial charge in [-0.3, -0.25) is 0 Å². The molecule has 20 heavy (non-hydrogen) atoms. The van der Waals surface area contributed by atoms with Crippen LogP contribution in [0.2, 0.25) is 0 Å². The molecule has 0 N–H and O–H groups in total. The van der Waals surface area contributed by atoms with Crippen molar-refractivity contribution in [3.63, 3.8) is 0 Å². The first-order valence-electron chi connectivity index (χ1n) is 5.99. The van der Waals surface area contributed by atoms with Crippen LogP contribution in [0.15, 0.2) is 58.6 Å². The van der Waals surface area contributed by atoms with E-state index in [-0.39, 0.29) is 0 Å². The summed E-state index contributed by atoms with van der Waals surface area (Å²) < 4.78 is 5.01. The number of esters is 1. The van der Waals surface area contributed by atoms with E-state index in [1.807, 2.05) is 36.4 Å². The highest BCUT2D eigenvalue weighted by Gasteiger charge is 2.17. The van der Waals surface area contributed by atoms with Crippen LogP contribution in [0.3, 0.4) is 0 Å². The van der Waals surface area contributed by atoms with E-state index in [0.717, 1.165) is 4.90 Å². The number of carbonyl (C=O) groups is 1. The highest BCUT2D eigenvalue weighted by atomic mass is 32.2. The van der Waals surface area contributed by atoms with E-state index >= 15 is 0 Å². The van der Waals surface area contributed by atoms with Crippen LogP contribution in [0.4, 0.5) is 0 Å². The molecule has 0 saturated carbocycles. The van der Waals surface area contributed by atoms with E-state index in [1.165, 1.54) is 18.7 Å². The van der Waals surface area contributed by atoms with E-state index in [2.05, 4.69) is 4.98 Å². The molecule has 0 spiro atoms. The number of ether oxygens (including phenoxy) is 1. The lowest BCUT2D eigenvalue weighted by atomic mass is 10.3. The number of carbonyl (C=O) groups excluding carboxylic acids is 1. The van der Waals surface area contributed by atoms with Gasteiger partial charge in [0, 0.05) is 11.1 Å². The van der Waals surface area contributed by atoms with Crippen LogP contribution in [0.25, 0.3) is 0 Å². The molecule has 0 saturated heterocycles. The van der Waals surface area contributed by atoms with E-state index in [4.69, 9.17) is 10.00 Å². The van der Waals surface area contributed by atoms with Gasteiger partial charge in [-0.15, -0.1) is 0 Å². The molecule has 2 aromatic rings. The zero-order valence-electron chi connectivity index (χ0n) is 10.8. The summed E-state index contributed by atoms with van der Waals surface area (Å²) in [5.41, 5.74) is 0.364. The predicted molar refractivity (Wildman–Crippen MR) is 75.3 cm³/mol. The van der Waals surface area contributed by atoms with Crippen molar-refractivity contribution < 1.29 is 9.53 Å². The summed E-state index contributed by atoms with van der Waals surface area (Å²) in [5.74, 6) is -0.536. The Morgan fingerprint density at radius 3 is 2.75 bits per heavy atom. The maximum Gasteiger partial charge on any atom is 0.342 e. The van der Waals surface area contributed by atoms with Gasteiger partial charge in [-0.05, 0) is 31.2 Å². The van der Waals surface area contributed by atoms with Crippen molar-refractivity contribution >= 4 is 17.7 Å². The summed E-state index contributed by atoms with van der Waals surface area (Å²) >= 11 is 1.38. The molecule has 1 heterocycles. The van der Waals surface area contributed by atoms with Gasteiger partial charge in [-0.1, -0.05) is 30.0 Å². The van der Waals surface area contributed by atoms with Crippen molar-refractivity contribution in [3.8, 4) is 6.07 Å². The molecule has 5 heteroatoms. The van der Waals surface area contributed by atoms with Crippen molar-refractivity contribution in [2.24, 2.45) is 0 Å². The molecule has 0 aliphatic rings. The number of hydrogen-bond donors (Lipinski definition) is 0. The first-order valence-corrected chi connectivity index (χ1v) is 6.81. The predicted octanol–water partition coefficient (Wildman–Crippen LogP) is 3.30. The smallest absolute Gasteiger partial charge is 0.342 e. The zero-order chi connectivity index (χ0) is 14.4. The lowest BCUT2D eigenvalue weighted by molar-refractivity contribution is 0.0430. The van der Waals surface area contributed by atoms with Crippen LogP contribution in [0, 0.1) is 11.3 Å². The van der Waals surface area contributed by atoms with Gasteiger partial charge in [0.15, 0.2) is 6.10 Å². The van der Waals surface area contributed by atoms with Crippen molar-refractivity contribution in [3.05, 3.63) is 54.2 Å². The summed E-state index contributed by atoms with van der Waals surface area (Å²) in [6.45, 7) is 1.53. The van der Waals surface area contributed by atoms with Crippen LogP contribution < -0.4 is 0 Å². The number of pyridine rings is 1. The second-order valence-electron chi connectivity index (χ2n) is 3.95. The Balaban J connectivity index is 2.23. The van der Waals surface area contributed by atoms with Gasteiger partial charge in [-0.25, -0.2) is 9.78 Å². The second kappa shape index (κ2) is 6.73. The molecule has 0 aliphatic carbocycles. The van der Waals surface area contributed by atoms with Gasteiger partial charge < -0.3 is 4.74 Å². The topological polar surface area (TPSA) is 63.0 Å². The molecule has 0 bridgehead atoms. The molecule has 1 atom stereocenters. The normalized spacial score (nSPS) is 11.4. The van der Waals surface area contributed by atoms with Crippen molar-refractivity contribution in [2.75, 3.05) is 0 Å². The first-order chi connectivity index (χ1) is 9.70. The Labute approximate surface area is 121 Å². The standard InChI is InChI=1S/C15H12N2O2S/c1-11(10-16)19-15(18)13-8-5-9-17-14(13)20-12-6-3-2-4-7-12/h2-9,11H,1H3. The fourth-order valence-corrected chi connectivity index (χ4v) is 2.37. The van der Waals surface area contributed by atoms with Crippen molar-refractivity contribution in [1.82, 2.24) is 4.98 Å². The molecule has 0 aliphatic heterocycles. The molecular weight excluding hydrogens is 272 g/mol. The van der Waals surface area contributed by atoms with E-state index in [9.17, 15) is 4.79 Å². The lowest BCUT2D eigenvalue weighted by Crippen LogP contribution is -2.14. The number of rotatable bonds is 4. The van der Waals surface area contributed by atoms with Crippen molar-refractivity contribution in [1.29, 1.82) is 5.26 Å². The Bertz CT molecular complexity index is 638. The third kappa shape index (κ3) is 3.59. The Morgan fingerprint density at radius 1 is 1.30 bits per heavy atom. The maximum atomic E-state index is 12.0. The highest BCUT2D eigenvalue weighted by molar-refractivity contribution is 7.99. The van der Waals surface area contributed by atoms with Crippen LogP contribution in [-0.2, 0) is 4.74 Å². The fraction of sp³-hybridized carbons (Fsp3) is 0.133. The molecular formula is C15H12N2O2S. The molecule has 4 nitrogen and oxygen atoms in total. The first kappa shape index (κ1) is 14.1. The molecule has 1 unspecified atom stereocenters. The summed E-state index contributed by atoms with van der Waals surface area (Å²) in [7, 11) is 0. The minimum Gasteiger partial charge on any atom is -0.444 e. The quantitative estimate of drug-likeness (QED) is 0.806. The van der Waals surface area contributed by atoms with E-state index < -0.39 is 12.1 Å². The molecule has 1 aromatic heterocycles. The van der Waals surface area contributed by atoms with Crippen LogP contribution in [0.1, 0.15) is 17.3 Å². The molecule has 0 fully saturated rings. The fourth-order valence-electron chi connectivity index (χ4n) is 1.48. The second-order valence-corrected chi connectivity index (χ2v) is 5.01. The number of nitrogens with zero attached hydrogens (tertiary/aromatic N) is 2. The van der Waals surface area contributed by atoms with E-state index in [1.54, 1.807) is 18.3 Å². The van der Waals surface area contributed by atoms with Gasteiger partial charge in [-0.2, -0.15) is 5.26 Å². The van der Waals surface area contributed by atoms with Gasteiger partial charge in [0.1, 0.15) is 11.1 Å². The number of nitriles is 1. The average Bonchev–Trinajstić information content (AvgIpc) is 2.48. The Morgan fingerprint density at radius 2 is 2.05 bits per heavy atom. The summed E-state index contributed by atoms with van der Waals surface area (Å²) in [6, 6.07) is 14.8. The number of benzene rings is 1. The number of aromatic nitrogens is 1. The molecule has 1 aromatic carbocycles. The highest BCUT2D eigenvalue weighted by Crippen LogP contribution is 2.28. The monoisotopic (exact) mass is 284 g/mol. The molecule has 100 valence electrons. The summed E-state index contributed by atoms with van der Waals surface area (Å²) in [6.07, 6.45) is 0.841. The van der Waals surface area contributed by atoms with Gasteiger partial charge in [0.2, 0.25) is 0 Å². The van der Waals surface area contributed by atoms with Crippen LogP contribution in [0.5, 0.6) is 0 Å². The largest absolute Gasteiger partial charge is 0.444 e. The van der Waals surface area contributed by atoms with Gasteiger partial charge in [0.05, 0.1) is 5.56 Å². The zero-order valence-corrected chi connectivity index (χ0v) is 11.6. The van der Waals surface area contributed by atoms with E-state index in [0.29, 0.717) is 10.6 Å². The van der Waals surface area contributed by atoms with Gasteiger partial charge in [0.25, 0.3) is 0 Å². The lowest BCUT2D eigenvalue weighted by Gasteiger charge is -2.09. The SMILES string of the molecule is CC(C#N)OC(=O)c1cccnc1Sc1ccccc1. The minimum absolute atomic E-state index is 0.364. The van der Waals surface area contributed by atoms with Crippen LogP contribution in [-0.4, -0.2) is 17.1 Å². The van der Waals surface area contributed by atoms with Gasteiger partial charge >= 0.3 is 5.97 Å². The molecule has 0 amide bonds. The minimum atomic E-state index is -0.780. The summed E-state index contributed by atoms with van der Waals surface area (Å²) in [5, 5.41) is 9.25. The number of hydrogen-bond acceptors (Lipinski definition) is 5. The summed E-state index contributed by atoms with van der Waals surface area (Å²) in [4.78, 5) is 17.2. The maximum absolute atomic E-state index is 12.0. The third-order valence-electron chi connectivity index (χ3n) is 2.41. The Hall–Kier alpha value is -2.32. The molecule has 0 radical (unpaired) electrons. The van der Waals surface area contributed by atoms with Crippen LogP contribution >= 0.6 is 11.8 Å². The van der Waals surface area contributed by atoms with Crippen molar-refractivity contribution in [2.45, 2.75) is 22.9 Å².